The summed E-state index contributed by atoms with van der Waals surface area (Å²) < 4.78 is 10.9. The third-order valence-electron chi connectivity index (χ3n) is 3.68. The lowest BCUT2D eigenvalue weighted by atomic mass is 10.0. The third kappa shape index (κ3) is 3.50. The number of hydrogen-bond donors (Lipinski definition) is 1. The van der Waals surface area contributed by atoms with Gasteiger partial charge in [-0.15, -0.1) is 0 Å². The van der Waals surface area contributed by atoms with Gasteiger partial charge in [-0.1, -0.05) is 0 Å². The average molecular weight is 367 g/mol. The van der Waals surface area contributed by atoms with Crippen molar-refractivity contribution in [2.24, 2.45) is 4.99 Å². The molecule has 22 heavy (non-hydrogen) atoms. The summed E-state index contributed by atoms with van der Waals surface area (Å²) in [7, 11) is 3.03. The largest absolute Gasteiger partial charge is 0.494 e. The number of rotatable bonds is 5. The number of aliphatic imine (C=N–C) groups is 1. The highest BCUT2D eigenvalue weighted by atomic mass is 79.9. The Bertz CT molecular complexity index is 684. The van der Waals surface area contributed by atoms with Crippen LogP contribution in [0.4, 0.5) is 0 Å². The second-order valence-corrected chi connectivity index (χ2v) is 5.86. The van der Waals surface area contributed by atoms with Gasteiger partial charge in [0.05, 0.1) is 30.2 Å². The van der Waals surface area contributed by atoms with Crippen LogP contribution in [0.15, 0.2) is 32.5 Å². The molecule has 1 aliphatic heterocycles. The number of nitrogens with one attached hydrogen (secondary N) is 1. The zero-order valence-corrected chi connectivity index (χ0v) is 14.7. The van der Waals surface area contributed by atoms with Crippen molar-refractivity contribution >= 4 is 33.7 Å². The highest BCUT2D eigenvalue weighted by Gasteiger charge is 2.20. The molecule has 6 heteroatoms. The Labute approximate surface area is 138 Å². The monoisotopic (exact) mass is 366 g/mol. The van der Waals surface area contributed by atoms with Crippen molar-refractivity contribution in [3.05, 3.63) is 33.2 Å². The molecule has 0 fully saturated rings. The van der Waals surface area contributed by atoms with E-state index in [1.54, 1.807) is 7.11 Å². The van der Waals surface area contributed by atoms with E-state index < -0.39 is 0 Å². The molecule has 0 amide bonds. The molecule has 0 atom stereocenters. The van der Waals surface area contributed by atoms with Crippen LogP contribution >= 0.6 is 15.9 Å². The van der Waals surface area contributed by atoms with E-state index in [-0.39, 0.29) is 5.97 Å². The number of aromatic amines is 1. The van der Waals surface area contributed by atoms with Crippen molar-refractivity contribution in [2.45, 2.75) is 26.7 Å². The minimum atomic E-state index is -0.218. The number of H-pyrrole nitrogens is 1. The highest BCUT2D eigenvalue weighted by Crippen LogP contribution is 2.33. The Morgan fingerprint density at radius 1 is 1.41 bits per heavy atom. The number of carbonyl (C=O) groups excluding carboxylic acids is 1. The molecule has 0 aliphatic carbocycles. The number of halogens is 1. The summed E-state index contributed by atoms with van der Waals surface area (Å²) in [5.74, 6) is 0.522. The predicted molar refractivity (Wildman–Crippen MR) is 90.1 cm³/mol. The Morgan fingerprint density at radius 2 is 2.14 bits per heavy atom. The molecule has 0 radical (unpaired) electrons. The third-order valence-corrected chi connectivity index (χ3v) is 4.11. The van der Waals surface area contributed by atoms with Crippen LogP contribution in [-0.4, -0.2) is 30.9 Å². The number of hydrogen-bond acceptors (Lipinski definition) is 4. The summed E-state index contributed by atoms with van der Waals surface area (Å²) >= 11 is 3.40. The van der Waals surface area contributed by atoms with Gasteiger partial charge in [-0.05, 0) is 53.4 Å². The minimum Gasteiger partial charge on any atom is -0.494 e. The van der Waals surface area contributed by atoms with E-state index in [1.807, 2.05) is 26.0 Å². The first kappa shape index (κ1) is 16.5. The molecule has 0 saturated carbocycles. The van der Waals surface area contributed by atoms with Crippen molar-refractivity contribution in [1.29, 1.82) is 0 Å². The highest BCUT2D eigenvalue weighted by molar-refractivity contribution is 9.10. The van der Waals surface area contributed by atoms with Crippen LogP contribution in [0.5, 0.6) is 5.75 Å². The Morgan fingerprint density at radius 3 is 2.77 bits per heavy atom. The lowest BCUT2D eigenvalue weighted by Crippen LogP contribution is -2.01. The normalized spacial score (nSPS) is 16.2. The molecular formula is C16H19BrN2O3. The van der Waals surface area contributed by atoms with E-state index in [0.29, 0.717) is 12.8 Å². The molecule has 5 nitrogen and oxygen atoms in total. The minimum absolute atomic E-state index is 0.218. The maximum absolute atomic E-state index is 11.4. The summed E-state index contributed by atoms with van der Waals surface area (Å²) in [6.45, 7) is 3.99. The number of aromatic nitrogens is 1. The van der Waals surface area contributed by atoms with Gasteiger partial charge in [0.2, 0.25) is 0 Å². The zero-order chi connectivity index (χ0) is 16.3. The van der Waals surface area contributed by atoms with Crippen LogP contribution in [0.2, 0.25) is 0 Å². The number of esters is 1. The molecule has 1 N–H and O–H groups in total. The van der Waals surface area contributed by atoms with Crippen molar-refractivity contribution in [3.8, 4) is 5.75 Å². The van der Waals surface area contributed by atoms with Gasteiger partial charge < -0.3 is 14.5 Å². The van der Waals surface area contributed by atoms with Crippen molar-refractivity contribution < 1.29 is 14.3 Å². The molecule has 118 valence electrons. The van der Waals surface area contributed by atoms with Crippen LogP contribution in [-0.2, 0) is 9.53 Å². The molecule has 2 heterocycles. The molecular weight excluding hydrogens is 348 g/mol. The maximum atomic E-state index is 11.4. The molecule has 1 aromatic heterocycles. The Hall–Kier alpha value is -1.82. The number of allylic oxidation sites excluding steroid dienone is 2. The van der Waals surface area contributed by atoms with Gasteiger partial charge >= 0.3 is 5.97 Å². The maximum Gasteiger partial charge on any atom is 0.305 e. The van der Waals surface area contributed by atoms with E-state index >= 15 is 0 Å². The average Bonchev–Trinajstić information content (AvgIpc) is 2.97. The lowest BCUT2D eigenvalue weighted by molar-refractivity contribution is -0.140. The van der Waals surface area contributed by atoms with E-state index in [2.05, 4.69) is 25.9 Å². The number of carbonyl (C=O) groups is 1. The van der Waals surface area contributed by atoms with Gasteiger partial charge in [0.1, 0.15) is 5.75 Å². The van der Waals surface area contributed by atoms with Crippen molar-refractivity contribution in [1.82, 2.24) is 4.98 Å². The Kier molecular flexibility index (Phi) is 5.24. The first-order valence-electron chi connectivity index (χ1n) is 6.93. The van der Waals surface area contributed by atoms with E-state index in [0.717, 1.165) is 38.6 Å². The van der Waals surface area contributed by atoms with Crippen LogP contribution in [0.25, 0.3) is 6.08 Å². The van der Waals surface area contributed by atoms with Gasteiger partial charge in [-0.3, -0.25) is 9.79 Å². The first-order valence-corrected chi connectivity index (χ1v) is 7.72. The van der Waals surface area contributed by atoms with Gasteiger partial charge in [0.25, 0.3) is 0 Å². The summed E-state index contributed by atoms with van der Waals surface area (Å²) in [4.78, 5) is 19.2. The van der Waals surface area contributed by atoms with E-state index in [1.165, 1.54) is 7.11 Å². The zero-order valence-electron chi connectivity index (χ0n) is 13.1. The second-order valence-electron chi connectivity index (χ2n) is 5.01. The first-order chi connectivity index (χ1) is 10.5. The van der Waals surface area contributed by atoms with Crippen molar-refractivity contribution in [2.75, 3.05) is 14.2 Å². The fourth-order valence-corrected chi connectivity index (χ4v) is 2.76. The summed E-state index contributed by atoms with van der Waals surface area (Å²) in [6, 6.07) is 1.86. The SMILES string of the molecule is COC(=O)CCC1=C(C)C(C)=N/C1=C\c1[nH]c(Br)cc1OC. The van der Waals surface area contributed by atoms with Crippen LogP contribution < -0.4 is 4.74 Å². The molecule has 0 spiro atoms. The fraction of sp³-hybridized carbons (Fsp3) is 0.375. The predicted octanol–water partition coefficient (Wildman–Crippen LogP) is 3.87. The van der Waals surface area contributed by atoms with Crippen LogP contribution in [0.3, 0.4) is 0 Å². The molecule has 1 aromatic rings. The molecule has 1 aliphatic rings. The topological polar surface area (TPSA) is 63.7 Å². The second kappa shape index (κ2) is 6.96. The number of nitrogens with zero attached hydrogens (tertiary/aromatic N) is 1. The molecule has 2 rings (SSSR count). The van der Waals surface area contributed by atoms with E-state index in [9.17, 15) is 4.79 Å². The van der Waals surface area contributed by atoms with Gasteiger partial charge in [-0.2, -0.15) is 0 Å². The molecule has 0 aromatic carbocycles. The quantitative estimate of drug-likeness (QED) is 0.804. The fourth-order valence-electron chi connectivity index (χ4n) is 2.34. The number of methoxy groups -OCH3 is 2. The van der Waals surface area contributed by atoms with Gasteiger partial charge in [0, 0.05) is 18.2 Å². The van der Waals surface area contributed by atoms with Crippen LogP contribution in [0.1, 0.15) is 32.4 Å². The summed E-state index contributed by atoms with van der Waals surface area (Å²) in [5.41, 5.74) is 4.84. The van der Waals surface area contributed by atoms with Gasteiger partial charge in [-0.25, -0.2) is 0 Å². The summed E-state index contributed by atoms with van der Waals surface area (Å²) in [5, 5.41) is 0. The Balaban J connectivity index is 2.32. The van der Waals surface area contributed by atoms with Gasteiger partial charge in [0.15, 0.2) is 0 Å². The standard InChI is InChI=1S/C16H19BrN2O3/c1-9-10(2)18-12(11(9)5-6-16(20)22-4)7-13-14(21-3)8-15(17)19-13/h7-8,19H,5-6H2,1-4H3/b12-7-. The smallest absolute Gasteiger partial charge is 0.305 e. The van der Waals surface area contributed by atoms with Crippen LogP contribution in [0, 0.1) is 0 Å². The molecule has 0 unspecified atom stereocenters. The summed E-state index contributed by atoms with van der Waals surface area (Å²) in [6.07, 6.45) is 2.89. The number of ether oxygens (including phenoxy) is 2. The molecule has 0 bridgehead atoms. The van der Waals surface area contributed by atoms with E-state index in [4.69, 9.17) is 9.47 Å². The molecule has 0 saturated heterocycles. The van der Waals surface area contributed by atoms with Crippen molar-refractivity contribution in [3.63, 3.8) is 0 Å². The lowest BCUT2D eigenvalue weighted by Gasteiger charge is -2.06.